The van der Waals surface area contributed by atoms with Crippen molar-refractivity contribution in [2.24, 2.45) is 11.7 Å². The van der Waals surface area contributed by atoms with Crippen molar-refractivity contribution in [3.8, 4) is 0 Å². The highest BCUT2D eigenvalue weighted by atomic mass is 16.1. The van der Waals surface area contributed by atoms with Gasteiger partial charge in [-0.3, -0.25) is 9.78 Å². The summed E-state index contributed by atoms with van der Waals surface area (Å²) in [5.74, 6) is 1.25. The lowest BCUT2D eigenvalue weighted by Gasteiger charge is -2.33. The molecule has 138 valence electrons. The molecule has 1 saturated heterocycles. The van der Waals surface area contributed by atoms with Crippen molar-refractivity contribution >= 4 is 28.7 Å². The summed E-state index contributed by atoms with van der Waals surface area (Å²) in [5, 5.41) is 3.33. The van der Waals surface area contributed by atoms with Crippen LogP contribution in [0.3, 0.4) is 0 Å². The molecule has 1 fully saturated rings. The molecular formula is C19H21N7O. The molecule has 4 heterocycles. The van der Waals surface area contributed by atoms with Crippen molar-refractivity contribution in [1.82, 2.24) is 19.9 Å². The van der Waals surface area contributed by atoms with Gasteiger partial charge in [-0.25, -0.2) is 15.0 Å². The van der Waals surface area contributed by atoms with Crippen molar-refractivity contribution in [2.75, 3.05) is 23.3 Å². The number of nitrogens with two attached hydrogens (primary N) is 1. The largest absolute Gasteiger partial charge is 0.369 e. The highest BCUT2D eigenvalue weighted by Crippen LogP contribution is 2.25. The maximum absolute atomic E-state index is 11.6. The van der Waals surface area contributed by atoms with Crippen LogP contribution in [0.5, 0.6) is 0 Å². The Morgan fingerprint density at radius 3 is 2.96 bits per heavy atom. The maximum atomic E-state index is 11.6. The summed E-state index contributed by atoms with van der Waals surface area (Å²) in [6, 6.07) is 7.72. The van der Waals surface area contributed by atoms with Crippen LogP contribution in [0.25, 0.3) is 11.2 Å². The number of nitrogens with one attached hydrogen (secondary N) is 1. The zero-order chi connectivity index (χ0) is 18.6. The molecule has 4 rings (SSSR count). The molecule has 1 aliphatic heterocycles. The van der Waals surface area contributed by atoms with Gasteiger partial charge >= 0.3 is 0 Å². The minimum atomic E-state index is -0.239. The Morgan fingerprint density at radius 2 is 2.07 bits per heavy atom. The number of primary amides is 1. The molecule has 3 aromatic heterocycles. The number of carbonyl (C=O) groups is 1. The molecule has 0 radical (unpaired) electrons. The van der Waals surface area contributed by atoms with Crippen LogP contribution in [0.4, 0.5) is 11.6 Å². The van der Waals surface area contributed by atoms with E-state index in [0.29, 0.717) is 18.7 Å². The minimum absolute atomic E-state index is 0.123. The number of anilines is 2. The van der Waals surface area contributed by atoms with Crippen LogP contribution in [0.1, 0.15) is 18.4 Å². The quantitative estimate of drug-likeness (QED) is 0.710. The average Bonchev–Trinajstić information content (AvgIpc) is 2.72. The van der Waals surface area contributed by atoms with Crippen molar-refractivity contribution in [2.45, 2.75) is 19.4 Å². The maximum Gasteiger partial charge on any atom is 0.222 e. The first kappa shape index (κ1) is 17.1. The Bertz CT molecular complexity index is 961. The Labute approximate surface area is 156 Å². The van der Waals surface area contributed by atoms with Crippen LogP contribution in [0.15, 0.2) is 42.9 Å². The SMILES string of the molecule is NC(=O)C1CCCN(c2ncccc2CNc2ccc3nccnc3n2)C1. The zero-order valence-electron chi connectivity index (χ0n) is 14.9. The molecule has 8 heteroatoms. The van der Waals surface area contributed by atoms with E-state index in [-0.39, 0.29) is 11.8 Å². The Hall–Kier alpha value is -3.29. The number of rotatable bonds is 5. The van der Waals surface area contributed by atoms with Crippen LogP contribution in [-0.4, -0.2) is 38.9 Å². The molecule has 1 unspecified atom stereocenters. The second kappa shape index (κ2) is 7.53. The molecular weight excluding hydrogens is 342 g/mol. The van der Waals surface area contributed by atoms with Gasteiger partial charge in [0.15, 0.2) is 5.65 Å². The molecule has 0 saturated carbocycles. The summed E-state index contributed by atoms with van der Waals surface area (Å²) in [5.41, 5.74) is 7.92. The van der Waals surface area contributed by atoms with E-state index in [1.807, 2.05) is 24.3 Å². The second-order valence-electron chi connectivity index (χ2n) is 6.62. The van der Waals surface area contributed by atoms with Crippen LogP contribution in [0, 0.1) is 5.92 Å². The fourth-order valence-electron chi connectivity index (χ4n) is 3.39. The predicted molar refractivity (Wildman–Crippen MR) is 103 cm³/mol. The zero-order valence-corrected chi connectivity index (χ0v) is 14.9. The molecule has 27 heavy (non-hydrogen) atoms. The van der Waals surface area contributed by atoms with E-state index in [9.17, 15) is 4.79 Å². The van der Waals surface area contributed by atoms with Crippen molar-refractivity contribution in [1.29, 1.82) is 0 Å². The molecule has 0 bridgehead atoms. The smallest absolute Gasteiger partial charge is 0.222 e. The molecule has 8 nitrogen and oxygen atoms in total. The van der Waals surface area contributed by atoms with E-state index in [1.165, 1.54) is 0 Å². The van der Waals surface area contributed by atoms with Gasteiger partial charge in [-0.05, 0) is 31.0 Å². The van der Waals surface area contributed by atoms with Gasteiger partial charge in [0.2, 0.25) is 5.91 Å². The van der Waals surface area contributed by atoms with Crippen molar-refractivity contribution < 1.29 is 4.79 Å². The third kappa shape index (κ3) is 3.79. The monoisotopic (exact) mass is 363 g/mol. The number of piperidine rings is 1. The molecule has 3 N–H and O–H groups in total. The minimum Gasteiger partial charge on any atom is -0.369 e. The number of amides is 1. The lowest BCUT2D eigenvalue weighted by molar-refractivity contribution is -0.122. The number of aromatic nitrogens is 4. The van der Waals surface area contributed by atoms with Gasteiger partial charge in [-0.1, -0.05) is 6.07 Å². The summed E-state index contributed by atoms with van der Waals surface area (Å²) < 4.78 is 0. The number of carbonyl (C=O) groups excluding carboxylic acids is 1. The number of fused-ring (bicyclic) bond motifs is 1. The molecule has 0 aromatic carbocycles. The summed E-state index contributed by atoms with van der Waals surface area (Å²) in [6.07, 6.45) is 6.83. The molecule has 1 atom stereocenters. The Balaban J connectivity index is 1.51. The highest BCUT2D eigenvalue weighted by molar-refractivity contribution is 5.77. The van der Waals surface area contributed by atoms with Gasteiger partial charge in [-0.2, -0.15) is 0 Å². The van der Waals surface area contributed by atoms with Crippen molar-refractivity contribution in [3.63, 3.8) is 0 Å². The van der Waals surface area contributed by atoms with E-state index < -0.39 is 0 Å². The standard InChI is InChI=1S/C19H21N7O/c20-17(27)14-4-2-10-26(12-14)19-13(3-1-7-23-19)11-24-16-6-5-15-18(25-16)22-9-8-21-15/h1,3,5-9,14H,2,4,10-12H2,(H2,20,27)(H,22,24,25). The molecule has 3 aromatic rings. The lowest BCUT2D eigenvalue weighted by atomic mass is 9.97. The Kier molecular flexibility index (Phi) is 4.78. The average molecular weight is 363 g/mol. The number of hydrogen-bond acceptors (Lipinski definition) is 7. The van der Waals surface area contributed by atoms with Crippen LogP contribution in [-0.2, 0) is 11.3 Å². The first-order chi connectivity index (χ1) is 13.2. The first-order valence-electron chi connectivity index (χ1n) is 9.00. The van der Waals surface area contributed by atoms with E-state index in [1.54, 1.807) is 18.6 Å². The third-order valence-electron chi connectivity index (χ3n) is 4.78. The fraction of sp³-hybridized carbons (Fsp3) is 0.316. The van der Waals surface area contributed by atoms with E-state index in [0.717, 1.165) is 42.1 Å². The first-order valence-corrected chi connectivity index (χ1v) is 9.00. The van der Waals surface area contributed by atoms with E-state index >= 15 is 0 Å². The number of hydrogen-bond donors (Lipinski definition) is 2. The van der Waals surface area contributed by atoms with Crippen LogP contribution in [0.2, 0.25) is 0 Å². The topological polar surface area (TPSA) is 110 Å². The molecule has 1 amide bonds. The Morgan fingerprint density at radius 1 is 1.19 bits per heavy atom. The summed E-state index contributed by atoms with van der Waals surface area (Å²) in [7, 11) is 0. The van der Waals surface area contributed by atoms with Crippen LogP contribution >= 0.6 is 0 Å². The summed E-state index contributed by atoms with van der Waals surface area (Å²) in [4.78, 5) is 31.2. The highest BCUT2D eigenvalue weighted by Gasteiger charge is 2.25. The number of nitrogens with zero attached hydrogens (tertiary/aromatic N) is 5. The summed E-state index contributed by atoms with van der Waals surface area (Å²) >= 11 is 0. The molecule has 0 aliphatic carbocycles. The van der Waals surface area contributed by atoms with Gasteiger partial charge in [-0.15, -0.1) is 0 Å². The summed E-state index contributed by atoms with van der Waals surface area (Å²) in [6.45, 7) is 2.06. The molecule has 1 aliphatic rings. The van der Waals surface area contributed by atoms with Gasteiger partial charge in [0.1, 0.15) is 17.2 Å². The van der Waals surface area contributed by atoms with Gasteiger partial charge in [0.25, 0.3) is 0 Å². The van der Waals surface area contributed by atoms with E-state index in [2.05, 4.69) is 30.2 Å². The van der Waals surface area contributed by atoms with Gasteiger partial charge in [0, 0.05) is 43.8 Å². The van der Waals surface area contributed by atoms with Crippen LogP contribution < -0.4 is 16.0 Å². The second-order valence-corrected chi connectivity index (χ2v) is 6.62. The normalized spacial score (nSPS) is 17.0. The predicted octanol–water partition coefficient (Wildman–Crippen LogP) is 1.73. The van der Waals surface area contributed by atoms with Crippen molar-refractivity contribution in [3.05, 3.63) is 48.4 Å². The number of pyridine rings is 2. The van der Waals surface area contributed by atoms with Gasteiger partial charge in [0.05, 0.1) is 5.92 Å². The fourth-order valence-corrected chi connectivity index (χ4v) is 3.39. The van der Waals surface area contributed by atoms with Gasteiger partial charge < -0.3 is 16.0 Å². The van der Waals surface area contributed by atoms with E-state index in [4.69, 9.17) is 5.73 Å². The molecule has 0 spiro atoms. The third-order valence-corrected chi connectivity index (χ3v) is 4.78. The lowest BCUT2D eigenvalue weighted by Crippen LogP contribution is -2.42.